The second-order valence-corrected chi connectivity index (χ2v) is 7.11. The lowest BCUT2D eigenvalue weighted by atomic mass is 10.1. The first-order valence-electron chi connectivity index (χ1n) is 8.73. The molecule has 0 aliphatic carbocycles. The molecule has 3 rings (SSSR count). The zero-order valence-corrected chi connectivity index (χ0v) is 15.8. The van der Waals surface area contributed by atoms with E-state index < -0.39 is 24.1 Å². The number of benzene rings is 2. The van der Waals surface area contributed by atoms with E-state index in [0.29, 0.717) is 16.5 Å². The highest BCUT2D eigenvalue weighted by molar-refractivity contribution is 6.02. The number of carbonyl (C=O) groups excluding carboxylic acids is 2. The lowest BCUT2D eigenvalue weighted by molar-refractivity contribution is -0.158. The summed E-state index contributed by atoms with van der Waals surface area (Å²) in [7, 11) is 0. The predicted octanol–water partition coefficient (Wildman–Crippen LogP) is 2.88. The molecule has 1 aromatic heterocycles. The maximum absolute atomic E-state index is 12.8. The molecule has 0 radical (unpaired) electrons. The molecule has 0 aliphatic heterocycles. The smallest absolute Gasteiger partial charge is 0.360 e. The number of aromatic nitrogens is 2. The molecule has 2 aromatic carbocycles. The third kappa shape index (κ3) is 4.25. The normalized spacial score (nSPS) is 11.2. The summed E-state index contributed by atoms with van der Waals surface area (Å²) in [4.78, 5) is 37.2. The van der Waals surface area contributed by atoms with Crippen LogP contribution in [0.1, 0.15) is 31.3 Å². The predicted molar refractivity (Wildman–Crippen MR) is 103 cm³/mol. The van der Waals surface area contributed by atoms with Crippen LogP contribution in [0.4, 0.5) is 0 Å². The zero-order valence-electron chi connectivity index (χ0n) is 15.8. The Balaban J connectivity index is 1.98. The van der Waals surface area contributed by atoms with E-state index in [1.165, 1.54) is 0 Å². The monoisotopic (exact) mass is 380 g/mol. The molecule has 0 fully saturated rings. The second-order valence-electron chi connectivity index (χ2n) is 7.11. The highest BCUT2D eigenvalue weighted by atomic mass is 16.6. The van der Waals surface area contributed by atoms with Crippen molar-refractivity contribution in [3.8, 4) is 5.69 Å². The second kappa shape index (κ2) is 7.64. The van der Waals surface area contributed by atoms with E-state index in [0.717, 1.165) is 4.68 Å². The zero-order chi connectivity index (χ0) is 20.3. The molecule has 0 N–H and O–H groups in total. The number of ether oxygens (including phenoxy) is 2. The standard InChI is InChI=1S/C21H20N2O5/c1-21(2,3)28-17(24)13-27-20(26)18-15-11-7-8-12-16(15)19(25)23(22-18)14-9-5-4-6-10-14/h4-12H,13H2,1-3H3. The number of carbonyl (C=O) groups is 2. The van der Waals surface area contributed by atoms with Crippen LogP contribution in [0.5, 0.6) is 0 Å². The molecule has 7 nitrogen and oxygen atoms in total. The minimum Gasteiger partial charge on any atom is -0.457 e. The van der Waals surface area contributed by atoms with E-state index in [1.807, 2.05) is 6.07 Å². The Labute approximate surface area is 161 Å². The summed E-state index contributed by atoms with van der Waals surface area (Å²) in [6.45, 7) is 4.61. The average molecular weight is 380 g/mol. The van der Waals surface area contributed by atoms with Gasteiger partial charge in [-0.1, -0.05) is 36.4 Å². The minimum atomic E-state index is -0.813. The third-order valence-electron chi connectivity index (χ3n) is 3.74. The number of esters is 2. The van der Waals surface area contributed by atoms with Crippen molar-refractivity contribution in [3.05, 3.63) is 70.6 Å². The van der Waals surface area contributed by atoms with Crippen molar-refractivity contribution in [2.75, 3.05) is 6.61 Å². The minimum absolute atomic E-state index is 0.0531. The van der Waals surface area contributed by atoms with E-state index in [2.05, 4.69) is 5.10 Å². The van der Waals surface area contributed by atoms with Crippen molar-refractivity contribution in [2.24, 2.45) is 0 Å². The summed E-state index contributed by atoms with van der Waals surface area (Å²) in [5, 5.41) is 4.88. The summed E-state index contributed by atoms with van der Waals surface area (Å²) in [5.41, 5.74) is -0.581. The van der Waals surface area contributed by atoms with Crippen molar-refractivity contribution in [1.29, 1.82) is 0 Å². The molecule has 0 spiro atoms. The number of nitrogens with zero attached hydrogens (tertiary/aromatic N) is 2. The van der Waals surface area contributed by atoms with Crippen molar-refractivity contribution in [3.63, 3.8) is 0 Å². The van der Waals surface area contributed by atoms with Crippen LogP contribution in [-0.2, 0) is 14.3 Å². The molecule has 0 unspecified atom stereocenters. The van der Waals surface area contributed by atoms with Crippen molar-refractivity contribution in [2.45, 2.75) is 26.4 Å². The van der Waals surface area contributed by atoms with Crippen LogP contribution in [0.25, 0.3) is 16.5 Å². The van der Waals surface area contributed by atoms with Gasteiger partial charge in [-0.2, -0.15) is 9.78 Å². The van der Waals surface area contributed by atoms with Gasteiger partial charge in [-0.25, -0.2) is 9.59 Å². The third-order valence-corrected chi connectivity index (χ3v) is 3.74. The van der Waals surface area contributed by atoms with Gasteiger partial charge in [0.05, 0.1) is 11.1 Å². The van der Waals surface area contributed by atoms with Crippen LogP contribution in [0.2, 0.25) is 0 Å². The van der Waals surface area contributed by atoms with Gasteiger partial charge < -0.3 is 9.47 Å². The lowest BCUT2D eigenvalue weighted by Gasteiger charge is -2.19. The average Bonchev–Trinajstić information content (AvgIpc) is 2.66. The van der Waals surface area contributed by atoms with E-state index in [9.17, 15) is 14.4 Å². The molecular formula is C21H20N2O5. The van der Waals surface area contributed by atoms with Crippen LogP contribution in [0.3, 0.4) is 0 Å². The molecular weight excluding hydrogens is 360 g/mol. The molecule has 28 heavy (non-hydrogen) atoms. The van der Waals surface area contributed by atoms with Gasteiger partial charge in [-0.15, -0.1) is 0 Å². The summed E-state index contributed by atoms with van der Waals surface area (Å²) >= 11 is 0. The molecule has 0 bridgehead atoms. The summed E-state index contributed by atoms with van der Waals surface area (Å²) < 4.78 is 11.4. The molecule has 0 aliphatic rings. The van der Waals surface area contributed by atoms with Crippen molar-refractivity contribution < 1.29 is 19.1 Å². The van der Waals surface area contributed by atoms with Gasteiger partial charge in [-0.05, 0) is 39.0 Å². The summed E-state index contributed by atoms with van der Waals surface area (Å²) in [5.74, 6) is -1.48. The highest BCUT2D eigenvalue weighted by Gasteiger charge is 2.22. The fraction of sp³-hybridized carbons (Fsp3) is 0.238. The first-order valence-corrected chi connectivity index (χ1v) is 8.73. The van der Waals surface area contributed by atoms with Gasteiger partial charge in [0.15, 0.2) is 12.3 Å². The topological polar surface area (TPSA) is 87.5 Å². The van der Waals surface area contributed by atoms with Crippen LogP contribution >= 0.6 is 0 Å². The van der Waals surface area contributed by atoms with Gasteiger partial charge in [0, 0.05) is 5.39 Å². The van der Waals surface area contributed by atoms with Gasteiger partial charge >= 0.3 is 11.9 Å². The summed E-state index contributed by atoms with van der Waals surface area (Å²) in [6, 6.07) is 15.4. The van der Waals surface area contributed by atoms with E-state index in [1.54, 1.807) is 69.3 Å². The van der Waals surface area contributed by atoms with Crippen LogP contribution in [0, 0.1) is 0 Å². The van der Waals surface area contributed by atoms with Crippen LogP contribution in [-0.4, -0.2) is 33.9 Å². The SMILES string of the molecule is CC(C)(C)OC(=O)COC(=O)c1nn(-c2ccccc2)c(=O)c2ccccc12. The molecule has 0 saturated carbocycles. The maximum Gasteiger partial charge on any atom is 0.360 e. The van der Waals surface area contributed by atoms with E-state index in [4.69, 9.17) is 9.47 Å². The number of para-hydroxylation sites is 1. The maximum atomic E-state index is 12.8. The molecule has 0 saturated heterocycles. The first-order chi connectivity index (χ1) is 13.3. The lowest BCUT2D eigenvalue weighted by Crippen LogP contribution is -2.28. The Kier molecular flexibility index (Phi) is 5.26. The van der Waals surface area contributed by atoms with Gasteiger partial charge in [0.1, 0.15) is 5.60 Å². The van der Waals surface area contributed by atoms with Crippen molar-refractivity contribution >= 4 is 22.7 Å². The number of fused-ring (bicyclic) bond motifs is 1. The molecule has 0 amide bonds. The molecule has 3 aromatic rings. The van der Waals surface area contributed by atoms with Gasteiger partial charge in [0.2, 0.25) is 0 Å². The number of rotatable bonds is 4. The molecule has 144 valence electrons. The van der Waals surface area contributed by atoms with Gasteiger partial charge in [0.25, 0.3) is 5.56 Å². The van der Waals surface area contributed by atoms with E-state index in [-0.39, 0.29) is 11.3 Å². The quantitative estimate of drug-likeness (QED) is 0.647. The fourth-order valence-electron chi connectivity index (χ4n) is 2.65. The Morgan fingerprint density at radius 2 is 1.57 bits per heavy atom. The molecule has 1 heterocycles. The molecule has 0 atom stereocenters. The van der Waals surface area contributed by atoms with E-state index >= 15 is 0 Å². The fourth-order valence-corrected chi connectivity index (χ4v) is 2.65. The van der Waals surface area contributed by atoms with Crippen molar-refractivity contribution in [1.82, 2.24) is 9.78 Å². The molecule has 7 heteroatoms. The highest BCUT2D eigenvalue weighted by Crippen LogP contribution is 2.16. The Morgan fingerprint density at radius 3 is 2.21 bits per heavy atom. The largest absolute Gasteiger partial charge is 0.457 e. The Bertz CT molecular complexity index is 1080. The number of hydrogen-bond acceptors (Lipinski definition) is 6. The van der Waals surface area contributed by atoms with Gasteiger partial charge in [-0.3, -0.25) is 4.79 Å². The first kappa shape index (κ1) is 19.3. The van der Waals surface area contributed by atoms with Crippen LogP contribution < -0.4 is 5.56 Å². The Hall–Kier alpha value is -3.48. The number of hydrogen-bond donors (Lipinski definition) is 0. The Morgan fingerprint density at radius 1 is 0.964 bits per heavy atom. The van der Waals surface area contributed by atoms with Crippen LogP contribution in [0.15, 0.2) is 59.4 Å². The summed E-state index contributed by atoms with van der Waals surface area (Å²) in [6.07, 6.45) is 0.